The number of carbonyl (C=O) groups excluding carboxylic acids is 1. The Morgan fingerprint density at radius 2 is 2.10 bits per heavy atom. The summed E-state index contributed by atoms with van der Waals surface area (Å²) in [6.07, 6.45) is -1.34. The van der Waals surface area contributed by atoms with Gasteiger partial charge in [-0.05, 0) is 37.1 Å². The monoisotopic (exact) mass is 336 g/mol. The molecule has 2 rings (SSSR count). The maximum atomic E-state index is 12.5. The molecule has 1 heterocycles. The van der Waals surface area contributed by atoms with E-state index in [4.69, 9.17) is 23.2 Å². The second-order valence-electron chi connectivity index (χ2n) is 5.04. The first-order valence-corrected chi connectivity index (χ1v) is 7.49. The highest BCUT2D eigenvalue weighted by molar-refractivity contribution is 6.42. The molecule has 1 aromatic carbocycles. The minimum atomic E-state index is -3.01. The molecule has 1 amide bonds. The van der Waals surface area contributed by atoms with Gasteiger partial charge in [0.2, 0.25) is 0 Å². The molecule has 0 aliphatic carbocycles. The number of benzene rings is 1. The number of amides is 1. The van der Waals surface area contributed by atoms with Crippen LogP contribution in [0.1, 0.15) is 24.3 Å². The molecule has 0 radical (unpaired) electrons. The minimum Gasteiger partial charge on any atom is -0.347 e. The molecule has 2 atom stereocenters. The van der Waals surface area contributed by atoms with Gasteiger partial charge in [0.1, 0.15) is 0 Å². The summed E-state index contributed by atoms with van der Waals surface area (Å²) in [5.74, 6) is -1.31. The Morgan fingerprint density at radius 3 is 2.76 bits per heavy atom. The number of rotatable bonds is 3. The van der Waals surface area contributed by atoms with E-state index in [1.54, 1.807) is 12.1 Å². The lowest BCUT2D eigenvalue weighted by atomic mass is 9.88. The van der Waals surface area contributed by atoms with Crippen LogP contribution in [0.3, 0.4) is 0 Å². The maximum Gasteiger partial charge on any atom is 0.315 e. The summed E-state index contributed by atoms with van der Waals surface area (Å²) in [6, 6.07) is 4.85. The molecule has 1 aliphatic heterocycles. The van der Waals surface area contributed by atoms with E-state index in [0.717, 1.165) is 24.9 Å². The van der Waals surface area contributed by atoms with Gasteiger partial charge in [0, 0.05) is 18.5 Å². The van der Waals surface area contributed by atoms with Crippen molar-refractivity contribution in [3.8, 4) is 0 Å². The molecule has 1 saturated heterocycles. The number of halogens is 4. The van der Waals surface area contributed by atoms with E-state index in [1.165, 1.54) is 0 Å². The highest BCUT2D eigenvalue weighted by Crippen LogP contribution is 2.31. The quantitative estimate of drug-likeness (QED) is 0.889. The summed E-state index contributed by atoms with van der Waals surface area (Å²) >= 11 is 11.9. The average molecular weight is 337 g/mol. The van der Waals surface area contributed by atoms with Crippen LogP contribution >= 0.6 is 23.2 Å². The van der Waals surface area contributed by atoms with Crippen molar-refractivity contribution in [3.63, 3.8) is 0 Å². The van der Waals surface area contributed by atoms with Gasteiger partial charge < -0.3 is 10.6 Å². The van der Waals surface area contributed by atoms with Crippen molar-refractivity contribution < 1.29 is 13.6 Å². The first-order chi connectivity index (χ1) is 9.99. The third-order valence-electron chi connectivity index (χ3n) is 3.62. The lowest BCUT2D eigenvalue weighted by molar-refractivity contribution is -0.132. The number of alkyl halides is 2. The Balaban J connectivity index is 2.22. The van der Waals surface area contributed by atoms with Crippen molar-refractivity contribution in [1.29, 1.82) is 0 Å². The van der Waals surface area contributed by atoms with Crippen LogP contribution in [0.5, 0.6) is 0 Å². The molecular weight excluding hydrogens is 321 g/mol. The van der Waals surface area contributed by atoms with E-state index in [-0.39, 0.29) is 5.92 Å². The highest BCUT2D eigenvalue weighted by atomic mass is 35.5. The SMILES string of the molecule is O=C(N[C@@H]1CNCCC[C@H]1c1ccc(Cl)c(Cl)c1)C(F)F. The van der Waals surface area contributed by atoms with E-state index < -0.39 is 18.4 Å². The van der Waals surface area contributed by atoms with Crippen molar-refractivity contribution in [1.82, 2.24) is 10.6 Å². The van der Waals surface area contributed by atoms with E-state index in [1.807, 2.05) is 6.07 Å². The fourth-order valence-electron chi connectivity index (χ4n) is 2.59. The van der Waals surface area contributed by atoms with E-state index in [0.29, 0.717) is 16.6 Å². The molecule has 2 N–H and O–H groups in total. The summed E-state index contributed by atoms with van der Waals surface area (Å²) in [6.45, 7) is 1.24. The van der Waals surface area contributed by atoms with Crippen LogP contribution in [0.25, 0.3) is 0 Å². The molecule has 0 unspecified atom stereocenters. The van der Waals surface area contributed by atoms with Gasteiger partial charge in [-0.3, -0.25) is 4.79 Å². The summed E-state index contributed by atoms with van der Waals surface area (Å²) in [7, 11) is 0. The van der Waals surface area contributed by atoms with Crippen LogP contribution in [0.15, 0.2) is 18.2 Å². The van der Waals surface area contributed by atoms with Gasteiger partial charge in [0.15, 0.2) is 0 Å². The van der Waals surface area contributed by atoms with Gasteiger partial charge in [0.05, 0.1) is 10.0 Å². The van der Waals surface area contributed by atoms with Crippen LogP contribution in [-0.4, -0.2) is 31.5 Å². The zero-order chi connectivity index (χ0) is 15.4. The fourth-order valence-corrected chi connectivity index (χ4v) is 2.89. The lowest BCUT2D eigenvalue weighted by Crippen LogP contribution is -2.46. The molecule has 1 aliphatic rings. The third-order valence-corrected chi connectivity index (χ3v) is 4.36. The molecule has 116 valence electrons. The van der Waals surface area contributed by atoms with Crippen LogP contribution in [0, 0.1) is 0 Å². The van der Waals surface area contributed by atoms with Gasteiger partial charge in [-0.15, -0.1) is 0 Å². The molecule has 0 aromatic heterocycles. The van der Waals surface area contributed by atoms with Crippen molar-refractivity contribution in [2.45, 2.75) is 31.2 Å². The molecule has 7 heteroatoms. The molecule has 21 heavy (non-hydrogen) atoms. The zero-order valence-corrected chi connectivity index (χ0v) is 12.7. The summed E-state index contributed by atoms with van der Waals surface area (Å²) in [4.78, 5) is 11.3. The highest BCUT2D eigenvalue weighted by Gasteiger charge is 2.29. The Kier molecular flexibility index (Phi) is 5.79. The van der Waals surface area contributed by atoms with Crippen molar-refractivity contribution in [3.05, 3.63) is 33.8 Å². The largest absolute Gasteiger partial charge is 0.347 e. The van der Waals surface area contributed by atoms with Crippen LogP contribution in [-0.2, 0) is 4.79 Å². The minimum absolute atomic E-state index is 0.0718. The number of nitrogens with one attached hydrogen (secondary N) is 2. The average Bonchev–Trinajstić information content (AvgIpc) is 2.67. The van der Waals surface area contributed by atoms with Gasteiger partial charge in [-0.1, -0.05) is 29.3 Å². The van der Waals surface area contributed by atoms with Crippen molar-refractivity contribution in [2.75, 3.05) is 13.1 Å². The second-order valence-corrected chi connectivity index (χ2v) is 5.86. The van der Waals surface area contributed by atoms with Gasteiger partial charge in [0.25, 0.3) is 5.91 Å². The maximum absolute atomic E-state index is 12.5. The van der Waals surface area contributed by atoms with Crippen LogP contribution < -0.4 is 10.6 Å². The Hall–Kier alpha value is -0.910. The van der Waals surface area contributed by atoms with Crippen molar-refractivity contribution >= 4 is 29.1 Å². The first-order valence-electron chi connectivity index (χ1n) is 6.73. The zero-order valence-electron chi connectivity index (χ0n) is 11.2. The number of hydrogen-bond acceptors (Lipinski definition) is 2. The standard InChI is InChI=1S/C14H16Cl2F2N2O/c15-10-4-3-8(6-11(10)16)9-2-1-5-19-7-12(9)20-14(21)13(17)18/h3-4,6,9,12-13,19H,1-2,5,7H2,(H,20,21)/t9-,12+/m0/s1. The predicted molar refractivity (Wildman–Crippen MR) is 79.2 cm³/mol. The first kappa shape index (κ1) is 16.5. The molecule has 0 bridgehead atoms. The smallest absolute Gasteiger partial charge is 0.315 e. The topological polar surface area (TPSA) is 41.1 Å². The molecular formula is C14H16Cl2F2N2O. The van der Waals surface area contributed by atoms with E-state index >= 15 is 0 Å². The lowest BCUT2D eigenvalue weighted by Gasteiger charge is -2.26. The van der Waals surface area contributed by atoms with Gasteiger partial charge in [-0.25, -0.2) is 0 Å². The Morgan fingerprint density at radius 1 is 1.33 bits per heavy atom. The van der Waals surface area contributed by atoms with Gasteiger partial charge >= 0.3 is 6.43 Å². The second kappa shape index (κ2) is 7.38. The summed E-state index contributed by atoms with van der Waals surface area (Å²) in [5.41, 5.74) is 0.896. The molecule has 0 spiro atoms. The number of carbonyl (C=O) groups is 1. The van der Waals surface area contributed by atoms with E-state index in [2.05, 4.69) is 10.6 Å². The molecule has 3 nitrogen and oxygen atoms in total. The Labute approximate surface area is 132 Å². The normalized spacial score (nSPS) is 22.9. The molecule has 1 fully saturated rings. The summed E-state index contributed by atoms with van der Waals surface area (Å²) < 4.78 is 24.9. The van der Waals surface area contributed by atoms with Crippen molar-refractivity contribution in [2.24, 2.45) is 0 Å². The summed E-state index contributed by atoms with van der Waals surface area (Å²) in [5, 5.41) is 6.43. The van der Waals surface area contributed by atoms with E-state index in [9.17, 15) is 13.6 Å². The molecule has 0 saturated carbocycles. The fraction of sp³-hybridized carbons (Fsp3) is 0.500. The number of hydrogen-bond donors (Lipinski definition) is 2. The molecule has 1 aromatic rings. The predicted octanol–water partition coefficient (Wildman–Crippen LogP) is 3.21. The Bertz CT molecular complexity index is 514. The van der Waals surface area contributed by atoms with Crippen LogP contribution in [0.2, 0.25) is 10.0 Å². The third kappa shape index (κ3) is 4.28. The van der Waals surface area contributed by atoms with Gasteiger partial charge in [-0.2, -0.15) is 8.78 Å². The van der Waals surface area contributed by atoms with Crippen LogP contribution in [0.4, 0.5) is 8.78 Å².